The number of hydrogen-bond donors (Lipinski definition) is 1. The van der Waals surface area contributed by atoms with Gasteiger partial charge >= 0.3 is 5.97 Å². The molecule has 0 saturated heterocycles. The van der Waals surface area contributed by atoms with Crippen LogP contribution < -0.4 is 0 Å². The average Bonchev–Trinajstić information content (AvgIpc) is 2.42. The molecule has 1 aromatic carbocycles. The zero-order valence-electron chi connectivity index (χ0n) is 11.9. The van der Waals surface area contributed by atoms with Crippen molar-refractivity contribution in [2.75, 3.05) is 0 Å². The minimum atomic E-state index is -1.08. The van der Waals surface area contributed by atoms with Crippen molar-refractivity contribution < 1.29 is 14.6 Å². The summed E-state index contributed by atoms with van der Waals surface area (Å²) in [4.78, 5) is 11.4. The minimum Gasteiger partial charge on any atom is -0.479 e. The van der Waals surface area contributed by atoms with Gasteiger partial charge in [-0.3, -0.25) is 0 Å². The van der Waals surface area contributed by atoms with Crippen LogP contribution in [0.3, 0.4) is 0 Å². The molecule has 0 radical (unpaired) electrons. The van der Waals surface area contributed by atoms with Crippen molar-refractivity contribution in [3.05, 3.63) is 35.9 Å². The Bertz CT molecular complexity index is 375. The predicted molar refractivity (Wildman–Crippen MR) is 76.0 cm³/mol. The highest BCUT2D eigenvalue weighted by Crippen LogP contribution is 2.22. The van der Waals surface area contributed by atoms with Crippen molar-refractivity contribution in [3.8, 4) is 0 Å². The lowest BCUT2D eigenvalue weighted by atomic mass is 9.97. The van der Waals surface area contributed by atoms with Crippen LogP contribution in [0.4, 0.5) is 0 Å². The Morgan fingerprint density at radius 3 is 2.47 bits per heavy atom. The summed E-state index contributed by atoms with van der Waals surface area (Å²) in [5, 5.41) is 9.34. The summed E-state index contributed by atoms with van der Waals surface area (Å²) in [5.41, 5.74) is -0.0765. The van der Waals surface area contributed by atoms with Gasteiger partial charge in [-0.2, -0.15) is 0 Å². The molecule has 3 nitrogen and oxygen atoms in total. The van der Waals surface area contributed by atoms with Gasteiger partial charge in [0.2, 0.25) is 0 Å². The molecule has 1 atom stereocenters. The first-order chi connectivity index (χ1) is 9.08. The Morgan fingerprint density at radius 2 is 1.89 bits per heavy atom. The Kier molecular flexibility index (Phi) is 6.57. The number of carboxylic acids is 1. The maximum absolute atomic E-state index is 11.4. The molecule has 0 heterocycles. The molecule has 0 aliphatic rings. The molecule has 0 bridgehead atoms. The standard InChI is InChI=1S/C16H24O3/c1-3-4-5-9-12-16(2,15(17)18)19-13-14-10-7-6-8-11-14/h6-8,10-11H,3-5,9,12-13H2,1-2H3,(H,17,18)/t16-/m0/s1. The van der Waals surface area contributed by atoms with Gasteiger partial charge in [0.05, 0.1) is 6.61 Å². The summed E-state index contributed by atoms with van der Waals surface area (Å²) in [7, 11) is 0. The topological polar surface area (TPSA) is 46.5 Å². The number of carboxylic acid groups (broad SMARTS) is 1. The normalized spacial score (nSPS) is 14.0. The Hall–Kier alpha value is -1.35. The van der Waals surface area contributed by atoms with Crippen LogP contribution in [-0.4, -0.2) is 16.7 Å². The zero-order chi connectivity index (χ0) is 14.1. The molecule has 0 fully saturated rings. The maximum atomic E-state index is 11.4. The molecule has 0 aromatic heterocycles. The lowest BCUT2D eigenvalue weighted by Gasteiger charge is -2.25. The molecular weight excluding hydrogens is 240 g/mol. The summed E-state index contributed by atoms with van der Waals surface area (Å²) in [6, 6.07) is 9.68. The van der Waals surface area contributed by atoms with E-state index in [1.807, 2.05) is 30.3 Å². The monoisotopic (exact) mass is 264 g/mol. The van der Waals surface area contributed by atoms with Crippen molar-refractivity contribution in [2.45, 2.75) is 58.2 Å². The van der Waals surface area contributed by atoms with Gasteiger partial charge in [0.25, 0.3) is 0 Å². The zero-order valence-corrected chi connectivity index (χ0v) is 11.9. The molecule has 1 aromatic rings. The van der Waals surface area contributed by atoms with Gasteiger partial charge < -0.3 is 9.84 Å². The summed E-state index contributed by atoms with van der Waals surface area (Å²) in [6.07, 6.45) is 4.82. The van der Waals surface area contributed by atoms with Crippen LogP contribution >= 0.6 is 0 Å². The van der Waals surface area contributed by atoms with Gasteiger partial charge in [-0.25, -0.2) is 4.79 Å². The summed E-state index contributed by atoms with van der Waals surface area (Å²) in [6.45, 7) is 4.16. The van der Waals surface area contributed by atoms with E-state index in [-0.39, 0.29) is 0 Å². The largest absolute Gasteiger partial charge is 0.479 e. The number of benzene rings is 1. The van der Waals surface area contributed by atoms with Crippen molar-refractivity contribution in [1.82, 2.24) is 0 Å². The third kappa shape index (κ3) is 5.43. The van der Waals surface area contributed by atoms with E-state index in [1.54, 1.807) is 6.92 Å². The van der Waals surface area contributed by atoms with E-state index in [9.17, 15) is 9.90 Å². The molecule has 0 amide bonds. The molecule has 106 valence electrons. The predicted octanol–water partition coefficient (Wildman–Crippen LogP) is 4.02. The molecule has 19 heavy (non-hydrogen) atoms. The van der Waals surface area contributed by atoms with Gasteiger partial charge in [-0.15, -0.1) is 0 Å². The first-order valence-electron chi connectivity index (χ1n) is 7.00. The third-order valence-corrected chi connectivity index (χ3v) is 3.36. The molecule has 0 saturated carbocycles. The van der Waals surface area contributed by atoms with E-state index < -0.39 is 11.6 Å². The van der Waals surface area contributed by atoms with Crippen LogP contribution in [0.2, 0.25) is 0 Å². The Labute approximate surface area is 115 Å². The number of hydrogen-bond acceptors (Lipinski definition) is 2. The van der Waals surface area contributed by atoms with Crippen LogP contribution in [0.25, 0.3) is 0 Å². The molecule has 3 heteroatoms. The molecule has 0 spiro atoms. The van der Waals surface area contributed by atoms with Crippen LogP contribution in [0.1, 0.15) is 51.5 Å². The second-order valence-electron chi connectivity index (χ2n) is 5.12. The van der Waals surface area contributed by atoms with Crippen molar-refractivity contribution >= 4 is 5.97 Å². The molecule has 1 N–H and O–H groups in total. The van der Waals surface area contributed by atoms with Crippen molar-refractivity contribution in [2.24, 2.45) is 0 Å². The van der Waals surface area contributed by atoms with Gasteiger partial charge in [-0.05, 0) is 25.3 Å². The van der Waals surface area contributed by atoms with Gasteiger partial charge in [0.1, 0.15) is 0 Å². The highest BCUT2D eigenvalue weighted by molar-refractivity contribution is 5.76. The van der Waals surface area contributed by atoms with Gasteiger partial charge in [0, 0.05) is 0 Å². The quantitative estimate of drug-likeness (QED) is 0.685. The number of aliphatic carboxylic acids is 1. The minimum absolute atomic E-state index is 0.345. The van der Waals surface area contributed by atoms with Gasteiger partial charge in [0.15, 0.2) is 5.60 Å². The fourth-order valence-electron chi connectivity index (χ4n) is 1.95. The van der Waals surface area contributed by atoms with E-state index in [0.717, 1.165) is 31.2 Å². The van der Waals surface area contributed by atoms with Crippen LogP contribution in [0.5, 0.6) is 0 Å². The number of ether oxygens (including phenoxy) is 1. The fraction of sp³-hybridized carbons (Fsp3) is 0.562. The first kappa shape index (κ1) is 15.7. The molecular formula is C16H24O3. The summed E-state index contributed by atoms with van der Waals surface area (Å²) >= 11 is 0. The van der Waals surface area contributed by atoms with Crippen LogP contribution in [0.15, 0.2) is 30.3 Å². The van der Waals surface area contributed by atoms with E-state index in [0.29, 0.717) is 13.0 Å². The van der Waals surface area contributed by atoms with E-state index in [1.165, 1.54) is 0 Å². The molecule has 0 aliphatic heterocycles. The smallest absolute Gasteiger partial charge is 0.335 e. The second-order valence-corrected chi connectivity index (χ2v) is 5.12. The van der Waals surface area contributed by atoms with E-state index in [2.05, 4.69) is 6.92 Å². The van der Waals surface area contributed by atoms with Crippen LogP contribution in [-0.2, 0) is 16.1 Å². The van der Waals surface area contributed by atoms with Crippen LogP contribution in [0, 0.1) is 0 Å². The lowest BCUT2D eigenvalue weighted by Crippen LogP contribution is -2.38. The Balaban J connectivity index is 2.49. The second kappa shape index (κ2) is 7.95. The number of unbranched alkanes of at least 4 members (excludes halogenated alkanes) is 3. The average molecular weight is 264 g/mol. The molecule has 1 rings (SSSR count). The van der Waals surface area contributed by atoms with E-state index in [4.69, 9.17) is 4.74 Å². The molecule has 0 aliphatic carbocycles. The third-order valence-electron chi connectivity index (χ3n) is 3.36. The number of rotatable bonds is 9. The maximum Gasteiger partial charge on any atom is 0.335 e. The van der Waals surface area contributed by atoms with E-state index >= 15 is 0 Å². The Morgan fingerprint density at radius 1 is 1.21 bits per heavy atom. The lowest BCUT2D eigenvalue weighted by molar-refractivity contribution is -0.166. The van der Waals surface area contributed by atoms with Gasteiger partial charge in [-0.1, -0.05) is 56.5 Å². The number of carbonyl (C=O) groups is 1. The van der Waals surface area contributed by atoms with Crippen molar-refractivity contribution in [3.63, 3.8) is 0 Å². The highest BCUT2D eigenvalue weighted by atomic mass is 16.5. The molecule has 0 unspecified atom stereocenters. The first-order valence-corrected chi connectivity index (χ1v) is 7.00. The summed E-state index contributed by atoms with van der Waals surface area (Å²) in [5.74, 6) is -0.875. The fourth-order valence-corrected chi connectivity index (χ4v) is 1.95. The summed E-state index contributed by atoms with van der Waals surface area (Å²) < 4.78 is 5.66. The highest BCUT2D eigenvalue weighted by Gasteiger charge is 2.33. The van der Waals surface area contributed by atoms with Crippen molar-refractivity contribution in [1.29, 1.82) is 0 Å². The SMILES string of the molecule is CCCCCC[C@](C)(OCc1ccccc1)C(=O)O.